The molecule has 0 aliphatic carbocycles. The molecule has 0 unspecified atom stereocenters. The van der Waals surface area contributed by atoms with Crippen LogP contribution >= 0.6 is 11.3 Å². The Morgan fingerprint density at radius 1 is 1.57 bits per heavy atom. The van der Waals surface area contributed by atoms with Crippen molar-refractivity contribution in [1.29, 1.82) is 0 Å². The molecular formula is C8H14N2O2S2. The van der Waals surface area contributed by atoms with Gasteiger partial charge in [-0.25, -0.2) is 13.1 Å². The lowest BCUT2D eigenvalue weighted by Gasteiger charge is -1.99. The van der Waals surface area contributed by atoms with Crippen molar-refractivity contribution in [3.63, 3.8) is 0 Å². The van der Waals surface area contributed by atoms with E-state index in [2.05, 4.69) is 4.72 Å². The van der Waals surface area contributed by atoms with Crippen molar-refractivity contribution < 1.29 is 8.42 Å². The lowest BCUT2D eigenvalue weighted by Crippen LogP contribution is -2.22. The zero-order valence-corrected chi connectivity index (χ0v) is 9.83. The van der Waals surface area contributed by atoms with E-state index in [1.165, 1.54) is 11.3 Å². The van der Waals surface area contributed by atoms with E-state index in [-0.39, 0.29) is 0 Å². The van der Waals surface area contributed by atoms with Crippen molar-refractivity contribution in [3.05, 3.63) is 16.5 Å². The van der Waals surface area contributed by atoms with Crippen LogP contribution in [-0.4, -0.2) is 15.0 Å². The highest BCUT2D eigenvalue weighted by atomic mass is 32.2. The lowest BCUT2D eigenvalue weighted by atomic mass is 10.3. The van der Waals surface area contributed by atoms with Crippen molar-refractivity contribution in [2.75, 3.05) is 6.54 Å². The van der Waals surface area contributed by atoms with Gasteiger partial charge in [-0.05, 0) is 18.6 Å². The van der Waals surface area contributed by atoms with E-state index in [0.717, 1.165) is 10.4 Å². The summed E-state index contributed by atoms with van der Waals surface area (Å²) in [7, 11) is -3.31. The zero-order valence-electron chi connectivity index (χ0n) is 8.20. The second-order valence-electron chi connectivity index (χ2n) is 2.88. The molecule has 1 heterocycles. The second kappa shape index (κ2) is 4.39. The van der Waals surface area contributed by atoms with Gasteiger partial charge in [0.15, 0.2) is 0 Å². The highest BCUT2D eigenvalue weighted by Crippen LogP contribution is 2.25. The van der Waals surface area contributed by atoms with Crippen LogP contribution in [0.2, 0.25) is 0 Å². The van der Waals surface area contributed by atoms with Gasteiger partial charge in [0.25, 0.3) is 0 Å². The summed E-state index contributed by atoms with van der Waals surface area (Å²) in [5.74, 6) is 0. The molecule has 1 aromatic heterocycles. The van der Waals surface area contributed by atoms with Crippen LogP contribution in [0.3, 0.4) is 0 Å². The van der Waals surface area contributed by atoms with E-state index in [1.807, 2.05) is 6.92 Å². The van der Waals surface area contributed by atoms with Crippen LogP contribution in [0.5, 0.6) is 0 Å². The fourth-order valence-corrected chi connectivity index (χ4v) is 3.64. The summed E-state index contributed by atoms with van der Waals surface area (Å²) in [6.07, 6.45) is 0. The summed E-state index contributed by atoms with van der Waals surface area (Å²) < 4.78 is 25.9. The minimum Gasteiger partial charge on any atom is -0.326 e. The Hall–Kier alpha value is -0.430. The minimum absolute atomic E-state index is 0.345. The average molecular weight is 234 g/mol. The summed E-state index contributed by atoms with van der Waals surface area (Å²) in [6.45, 7) is 4.40. The average Bonchev–Trinajstić information content (AvgIpc) is 2.47. The smallest absolute Gasteiger partial charge is 0.250 e. The third kappa shape index (κ3) is 2.33. The van der Waals surface area contributed by atoms with E-state index in [0.29, 0.717) is 17.3 Å². The number of nitrogens with two attached hydrogens (primary N) is 1. The number of hydrogen-bond acceptors (Lipinski definition) is 4. The minimum atomic E-state index is -3.31. The molecule has 0 aliphatic rings. The molecule has 0 amide bonds. The normalized spacial score (nSPS) is 11.9. The SMILES string of the molecule is CCNS(=O)(=O)c1cc(C)c(CN)s1. The maximum absolute atomic E-state index is 11.6. The summed E-state index contributed by atoms with van der Waals surface area (Å²) in [5.41, 5.74) is 6.42. The molecule has 0 aromatic carbocycles. The number of sulfonamides is 1. The molecule has 0 fully saturated rings. The van der Waals surface area contributed by atoms with Crippen molar-refractivity contribution in [3.8, 4) is 0 Å². The number of aryl methyl sites for hydroxylation is 1. The van der Waals surface area contributed by atoms with Crippen LogP contribution in [0.25, 0.3) is 0 Å². The van der Waals surface area contributed by atoms with Gasteiger partial charge in [-0.15, -0.1) is 11.3 Å². The van der Waals surface area contributed by atoms with E-state index in [1.54, 1.807) is 13.0 Å². The molecule has 0 radical (unpaired) electrons. The largest absolute Gasteiger partial charge is 0.326 e. The molecule has 1 rings (SSSR count). The lowest BCUT2D eigenvalue weighted by molar-refractivity contribution is 0.586. The molecular weight excluding hydrogens is 220 g/mol. The van der Waals surface area contributed by atoms with Gasteiger partial charge in [-0.3, -0.25) is 0 Å². The highest BCUT2D eigenvalue weighted by molar-refractivity contribution is 7.91. The van der Waals surface area contributed by atoms with Crippen LogP contribution < -0.4 is 10.5 Å². The van der Waals surface area contributed by atoms with Gasteiger partial charge in [0.05, 0.1) is 0 Å². The van der Waals surface area contributed by atoms with Crippen LogP contribution in [0, 0.1) is 6.92 Å². The van der Waals surface area contributed by atoms with Crippen molar-refractivity contribution in [2.45, 2.75) is 24.6 Å². The molecule has 3 N–H and O–H groups in total. The Morgan fingerprint density at radius 2 is 2.21 bits per heavy atom. The van der Waals surface area contributed by atoms with E-state index >= 15 is 0 Å². The third-order valence-corrected chi connectivity index (χ3v) is 5.06. The Kier molecular flexibility index (Phi) is 3.65. The van der Waals surface area contributed by atoms with Gasteiger partial charge in [0.1, 0.15) is 4.21 Å². The first-order valence-corrected chi connectivity index (χ1v) is 6.60. The molecule has 0 saturated carbocycles. The van der Waals surface area contributed by atoms with Crippen LogP contribution in [0.15, 0.2) is 10.3 Å². The van der Waals surface area contributed by atoms with Crippen molar-refractivity contribution in [1.82, 2.24) is 4.72 Å². The Balaban J connectivity index is 3.08. The Labute approximate surface area is 88.2 Å². The molecule has 80 valence electrons. The molecule has 14 heavy (non-hydrogen) atoms. The first-order valence-electron chi connectivity index (χ1n) is 4.30. The van der Waals surface area contributed by atoms with Gasteiger partial charge < -0.3 is 5.73 Å². The molecule has 0 atom stereocenters. The molecule has 1 aromatic rings. The summed E-state index contributed by atoms with van der Waals surface area (Å²) >= 11 is 1.23. The van der Waals surface area contributed by atoms with Gasteiger partial charge in [-0.2, -0.15) is 0 Å². The number of nitrogens with one attached hydrogen (secondary N) is 1. The zero-order chi connectivity index (χ0) is 10.8. The third-order valence-electron chi connectivity index (χ3n) is 1.78. The maximum Gasteiger partial charge on any atom is 0.250 e. The van der Waals surface area contributed by atoms with Crippen LogP contribution in [0.1, 0.15) is 17.4 Å². The summed E-state index contributed by atoms with van der Waals surface area (Å²) in [4.78, 5) is 0.918. The molecule has 0 bridgehead atoms. The van der Waals surface area contributed by atoms with Crippen molar-refractivity contribution in [2.24, 2.45) is 5.73 Å². The molecule has 0 spiro atoms. The predicted molar refractivity (Wildman–Crippen MR) is 57.8 cm³/mol. The monoisotopic (exact) mass is 234 g/mol. The number of rotatable bonds is 4. The molecule has 6 heteroatoms. The number of thiophene rings is 1. The van der Waals surface area contributed by atoms with E-state index in [4.69, 9.17) is 5.73 Å². The molecule has 0 aliphatic heterocycles. The maximum atomic E-state index is 11.6. The van der Waals surface area contributed by atoms with Crippen LogP contribution in [-0.2, 0) is 16.6 Å². The fraction of sp³-hybridized carbons (Fsp3) is 0.500. The van der Waals surface area contributed by atoms with Crippen molar-refractivity contribution >= 4 is 21.4 Å². The summed E-state index contributed by atoms with van der Waals surface area (Å²) in [5, 5.41) is 0. The quantitative estimate of drug-likeness (QED) is 0.810. The Morgan fingerprint density at radius 3 is 2.64 bits per heavy atom. The van der Waals surface area contributed by atoms with Gasteiger partial charge >= 0.3 is 0 Å². The van der Waals surface area contributed by atoms with Gasteiger partial charge in [0, 0.05) is 18.0 Å². The first-order chi connectivity index (χ1) is 6.51. The van der Waals surface area contributed by atoms with Gasteiger partial charge in [0.2, 0.25) is 10.0 Å². The number of hydrogen-bond donors (Lipinski definition) is 2. The van der Waals surface area contributed by atoms with E-state index in [9.17, 15) is 8.42 Å². The van der Waals surface area contributed by atoms with E-state index < -0.39 is 10.0 Å². The van der Waals surface area contributed by atoms with Crippen LogP contribution in [0.4, 0.5) is 0 Å². The second-order valence-corrected chi connectivity index (χ2v) is 6.01. The fourth-order valence-electron chi connectivity index (χ4n) is 1.08. The Bertz CT molecular complexity index is 409. The molecule has 4 nitrogen and oxygen atoms in total. The summed E-state index contributed by atoms with van der Waals surface area (Å²) in [6, 6.07) is 1.66. The van der Waals surface area contributed by atoms with Gasteiger partial charge in [-0.1, -0.05) is 6.92 Å². The highest BCUT2D eigenvalue weighted by Gasteiger charge is 2.16. The molecule has 0 saturated heterocycles. The predicted octanol–water partition coefficient (Wildman–Crippen LogP) is 0.813. The first kappa shape index (κ1) is 11.6. The topological polar surface area (TPSA) is 72.2 Å². The standard InChI is InChI=1S/C8H14N2O2S2/c1-3-10-14(11,12)8-4-6(2)7(5-9)13-8/h4,10H,3,5,9H2,1-2H3.